The van der Waals surface area contributed by atoms with Gasteiger partial charge in [0.1, 0.15) is 30.5 Å². The van der Waals surface area contributed by atoms with Gasteiger partial charge in [0, 0.05) is 5.69 Å². The number of hydrogen-bond acceptors (Lipinski definition) is 6. The molecule has 0 spiro atoms. The highest BCUT2D eigenvalue weighted by molar-refractivity contribution is 8.18. The van der Waals surface area contributed by atoms with Crippen LogP contribution in [0.1, 0.15) is 11.1 Å². The van der Waals surface area contributed by atoms with Gasteiger partial charge in [-0.05, 0) is 71.4 Å². The standard InChI is InChI=1S/C26H20ClFN2O5S/c1-34-22-10-9-19(13-21(22)27)29-24(31)14-30-25(32)23(36-26(30)33)12-17-3-2-4-20(11-17)35-15-16-5-7-18(28)8-6-16/h2-13H,14-15H2,1H3,(H,29,31)/b23-12+. The molecule has 4 rings (SSSR count). The van der Waals surface area contributed by atoms with Gasteiger partial charge in [-0.15, -0.1) is 0 Å². The molecule has 0 aliphatic carbocycles. The zero-order valence-electron chi connectivity index (χ0n) is 19.0. The predicted molar refractivity (Wildman–Crippen MR) is 136 cm³/mol. The number of rotatable bonds is 8. The number of hydrogen-bond donors (Lipinski definition) is 1. The summed E-state index contributed by atoms with van der Waals surface area (Å²) in [5.74, 6) is -0.431. The molecule has 184 valence electrons. The summed E-state index contributed by atoms with van der Waals surface area (Å²) in [4.78, 5) is 38.7. The van der Waals surface area contributed by atoms with E-state index in [1.165, 1.54) is 25.3 Å². The Morgan fingerprint density at radius 3 is 2.61 bits per heavy atom. The zero-order chi connectivity index (χ0) is 25.7. The molecule has 10 heteroatoms. The van der Waals surface area contributed by atoms with Crippen molar-refractivity contribution < 1.29 is 28.2 Å². The van der Waals surface area contributed by atoms with Crippen LogP contribution in [-0.2, 0) is 16.2 Å². The van der Waals surface area contributed by atoms with Crippen LogP contribution in [0.15, 0.2) is 71.6 Å². The lowest BCUT2D eigenvalue weighted by Crippen LogP contribution is -2.36. The Morgan fingerprint density at radius 1 is 1.11 bits per heavy atom. The Morgan fingerprint density at radius 2 is 1.89 bits per heavy atom. The summed E-state index contributed by atoms with van der Waals surface area (Å²) in [5, 5.41) is 2.38. The number of anilines is 1. The molecule has 3 aromatic carbocycles. The first-order chi connectivity index (χ1) is 17.3. The monoisotopic (exact) mass is 526 g/mol. The minimum absolute atomic E-state index is 0.191. The highest BCUT2D eigenvalue weighted by atomic mass is 35.5. The summed E-state index contributed by atoms with van der Waals surface area (Å²) >= 11 is 6.82. The maximum absolute atomic E-state index is 13.1. The van der Waals surface area contributed by atoms with E-state index in [1.807, 2.05) is 0 Å². The highest BCUT2D eigenvalue weighted by Crippen LogP contribution is 2.33. The largest absolute Gasteiger partial charge is 0.495 e. The lowest BCUT2D eigenvalue weighted by molar-refractivity contribution is -0.127. The number of methoxy groups -OCH3 is 1. The van der Waals surface area contributed by atoms with E-state index in [0.29, 0.717) is 27.8 Å². The van der Waals surface area contributed by atoms with Crippen molar-refractivity contribution >= 4 is 52.2 Å². The first-order valence-corrected chi connectivity index (χ1v) is 11.9. The zero-order valence-corrected chi connectivity index (χ0v) is 20.6. The lowest BCUT2D eigenvalue weighted by Gasteiger charge is -2.13. The fourth-order valence-electron chi connectivity index (χ4n) is 3.32. The first-order valence-electron chi connectivity index (χ1n) is 10.7. The van der Waals surface area contributed by atoms with Gasteiger partial charge in [0.25, 0.3) is 11.1 Å². The number of carbonyl (C=O) groups is 3. The molecule has 1 N–H and O–H groups in total. The number of thioether (sulfide) groups is 1. The molecule has 1 fully saturated rings. The quantitative estimate of drug-likeness (QED) is 0.377. The summed E-state index contributed by atoms with van der Waals surface area (Å²) in [5.41, 5.74) is 1.86. The van der Waals surface area contributed by atoms with Crippen molar-refractivity contribution in [1.29, 1.82) is 0 Å². The molecule has 0 saturated carbocycles. The van der Waals surface area contributed by atoms with Crippen LogP contribution in [0, 0.1) is 5.82 Å². The topological polar surface area (TPSA) is 84.9 Å². The molecule has 0 radical (unpaired) electrons. The van der Waals surface area contributed by atoms with Crippen molar-refractivity contribution in [3.05, 3.63) is 93.6 Å². The van der Waals surface area contributed by atoms with Crippen molar-refractivity contribution in [3.63, 3.8) is 0 Å². The van der Waals surface area contributed by atoms with E-state index in [9.17, 15) is 18.8 Å². The fourth-order valence-corrected chi connectivity index (χ4v) is 4.41. The average Bonchev–Trinajstić information content (AvgIpc) is 3.11. The van der Waals surface area contributed by atoms with Gasteiger partial charge in [-0.1, -0.05) is 35.9 Å². The molecule has 0 bridgehead atoms. The molecule has 7 nitrogen and oxygen atoms in total. The summed E-state index contributed by atoms with van der Waals surface area (Å²) in [6, 6.07) is 17.7. The van der Waals surface area contributed by atoms with Crippen molar-refractivity contribution in [1.82, 2.24) is 4.90 Å². The Labute approximate surface area is 215 Å². The van der Waals surface area contributed by atoms with Crippen LogP contribution in [0.3, 0.4) is 0 Å². The van der Waals surface area contributed by atoms with Gasteiger partial charge >= 0.3 is 0 Å². The van der Waals surface area contributed by atoms with Gasteiger partial charge in [0.05, 0.1) is 17.0 Å². The van der Waals surface area contributed by atoms with Crippen LogP contribution < -0.4 is 14.8 Å². The SMILES string of the molecule is COc1ccc(NC(=O)CN2C(=O)S/C(=C/c3cccc(OCc4ccc(F)cc4)c3)C2=O)cc1Cl. The second-order valence-corrected chi connectivity index (χ2v) is 9.05. The normalized spacial score (nSPS) is 14.3. The third kappa shape index (κ3) is 6.24. The fraction of sp³-hybridized carbons (Fsp3) is 0.115. The van der Waals surface area contributed by atoms with E-state index < -0.39 is 23.6 Å². The number of ether oxygens (including phenoxy) is 2. The number of halogens is 2. The van der Waals surface area contributed by atoms with E-state index in [1.54, 1.807) is 54.6 Å². The maximum Gasteiger partial charge on any atom is 0.294 e. The summed E-state index contributed by atoms with van der Waals surface area (Å²) < 4.78 is 23.9. The van der Waals surface area contributed by atoms with Gasteiger partial charge in [-0.2, -0.15) is 0 Å². The van der Waals surface area contributed by atoms with Crippen molar-refractivity contribution in [2.75, 3.05) is 19.0 Å². The Balaban J connectivity index is 1.39. The average molecular weight is 527 g/mol. The molecule has 0 atom stereocenters. The van der Waals surface area contributed by atoms with E-state index in [-0.39, 0.29) is 17.3 Å². The van der Waals surface area contributed by atoms with Crippen LogP contribution >= 0.6 is 23.4 Å². The molecule has 0 unspecified atom stereocenters. The Bertz CT molecular complexity index is 1350. The Hall–Kier alpha value is -3.82. The molecular weight excluding hydrogens is 507 g/mol. The smallest absolute Gasteiger partial charge is 0.294 e. The number of nitrogens with zero attached hydrogens (tertiary/aromatic N) is 1. The second-order valence-electron chi connectivity index (χ2n) is 7.65. The van der Waals surface area contributed by atoms with E-state index in [4.69, 9.17) is 21.1 Å². The minimum atomic E-state index is -0.564. The number of carbonyl (C=O) groups excluding carboxylic acids is 3. The third-order valence-electron chi connectivity index (χ3n) is 5.09. The van der Waals surface area contributed by atoms with Crippen LogP contribution in [0.2, 0.25) is 5.02 Å². The number of imide groups is 1. The van der Waals surface area contributed by atoms with Gasteiger partial charge in [-0.25, -0.2) is 4.39 Å². The number of benzene rings is 3. The molecule has 3 amide bonds. The summed E-state index contributed by atoms with van der Waals surface area (Å²) in [7, 11) is 1.48. The lowest BCUT2D eigenvalue weighted by atomic mass is 10.2. The molecular formula is C26H20ClFN2O5S. The Kier molecular flexibility index (Phi) is 7.92. The first kappa shape index (κ1) is 25.3. The van der Waals surface area contributed by atoms with Crippen LogP contribution in [0.4, 0.5) is 14.9 Å². The molecule has 1 heterocycles. The van der Waals surface area contributed by atoms with E-state index in [0.717, 1.165) is 22.2 Å². The number of amides is 3. The van der Waals surface area contributed by atoms with Gasteiger partial charge in [0.2, 0.25) is 5.91 Å². The second kappa shape index (κ2) is 11.3. The van der Waals surface area contributed by atoms with Gasteiger partial charge < -0.3 is 14.8 Å². The predicted octanol–water partition coefficient (Wildman–Crippen LogP) is 5.74. The highest BCUT2D eigenvalue weighted by Gasteiger charge is 2.36. The van der Waals surface area contributed by atoms with Crippen molar-refractivity contribution in [3.8, 4) is 11.5 Å². The molecule has 36 heavy (non-hydrogen) atoms. The van der Waals surface area contributed by atoms with Crippen LogP contribution in [0.5, 0.6) is 11.5 Å². The van der Waals surface area contributed by atoms with Gasteiger partial charge in [0.15, 0.2) is 0 Å². The summed E-state index contributed by atoms with van der Waals surface area (Å²) in [6.45, 7) is -0.193. The van der Waals surface area contributed by atoms with E-state index >= 15 is 0 Å². The molecule has 1 aliphatic heterocycles. The molecule has 1 aliphatic rings. The van der Waals surface area contributed by atoms with Crippen LogP contribution in [-0.4, -0.2) is 35.6 Å². The van der Waals surface area contributed by atoms with E-state index in [2.05, 4.69) is 5.32 Å². The minimum Gasteiger partial charge on any atom is -0.495 e. The van der Waals surface area contributed by atoms with Crippen LogP contribution in [0.25, 0.3) is 6.08 Å². The summed E-state index contributed by atoms with van der Waals surface area (Å²) in [6.07, 6.45) is 1.57. The molecule has 0 aromatic heterocycles. The van der Waals surface area contributed by atoms with Crippen molar-refractivity contribution in [2.24, 2.45) is 0 Å². The van der Waals surface area contributed by atoms with Gasteiger partial charge in [-0.3, -0.25) is 19.3 Å². The van der Waals surface area contributed by atoms with Crippen molar-refractivity contribution in [2.45, 2.75) is 6.61 Å². The maximum atomic E-state index is 13.1. The molecule has 1 saturated heterocycles. The number of nitrogens with one attached hydrogen (secondary N) is 1. The molecule has 3 aromatic rings. The third-order valence-corrected chi connectivity index (χ3v) is 6.29.